The van der Waals surface area contributed by atoms with Crippen LogP contribution in [0.25, 0.3) is 0 Å². The maximum Gasteiger partial charge on any atom is 0.0399 e. The molecule has 0 saturated heterocycles. The van der Waals surface area contributed by atoms with Crippen molar-refractivity contribution in [2.24, 2.45) is 0 Å². The molecule has 0 aromatic rings. The smallest absolute Gasteiger partial charge is 0.0399 e. The molecule has 62 valence electrons. The first kappa shape index (κ1) is 7.53. The Kier molecular flexibility index (Phi) is 2.41. The molecule has 0 aromatic carbocycles. The van der Waals surface area contributed by atoms with Crippen LogP contribution in [0.15, 0.2) is 12.3 Å². The van der Waals surface area contributed by atoms with E-state index in [2.05, 4.69) is 16.6 Å². The van der Waals surface area contributed by atoms with Crippen LogP contribution in [-0.4, -0.2) is 16.1 Å². The Morgan fingerprint density at radius 1 is 1.18 bits per heavy atom. The van der Waals surface area contributed by atoms with Gasteiger partial charge in [0.2, 0.25) is 0 Å². The Balaban J connectivity index is 1.87. The predicted octanol–water partition coefficient (Wildman–Crippen LogP) is 2.80. The molecule has 1 aliphatic heterocycles. The molecule has 1 saturated carbocycles. The van der Waals surface area contributed by atoms with E-state index in [9.17, 15) is 0 Å². The summed E-state index contributed by atoms with van der Waals surface area (Å²) in [6.07, 6.45) is 11.7. The molecule has 0 aromatic heterocycles. The maximum atomic E-state index is 2.46. The van der Waals surface area contributed by atoms with E-state index in [1.54, 1.807) is 0 Å². The van der Waals surface area contributed by atoms with Crippen molar-refractivity contribution in [3.63, 3.8) is 0 Å². The molecule has 2 heteroatoms. The Morgan fingerprint density at radius 2 is 2.00 bits per heavy atom. The largest absolute Gasteiger partial charge is 0.320 e. The van der Waals surface area contributed by atoms with Crippen molar-refractivity contribution in [1.82, 2.24) is 4.31 Å². The fourth-order valence-corrected chi connectivity index (χ4v) is 2.82. The van der Waals surface area contributed by atoms with Gasteiger partial charge in [0, 0.05) is 18.0 Å². The van der Waals surface area contributed by atoms with Gasteiger partial charge in [0.25, 0.3) is 0 Å². The molecule has 0 unspecified atom stereocenters. The van der Waals surface area contributed by atoms with Gasteiger partial charge in [0.1, 0.15) is 0 Å². The van der Waals surface area contributed by atoms with Crippen molar-refractivity contribution in [1.29, 1.82) is 0 Å². The summed E-state index contributed by atoms with van der Waals surface area (Å²) in [6.45, 7) is 0. The van der Waals surface area contributed by atoms with E-state index in [1.165, 1.54) is 37.9 Å². The van der Waals surface area contributed by atoms with Crippen LogP contribution in [0.5, 0.6) is 0 Å². The van der Waals surface area contributed by atoms with E-state index in [0.29, 0.717) is 0 Å². The Bertz CT molecular complexity index is 150. The van der Waals surface area contributed by atoms with Gasteiger partial charge >= 0.3 is 0 Å². The lowest BCUT2D eigenvalue weighted by Crippen LogP contribution is -2.25. The van der Waals surface area contributed by atoms with Gasteiger partial charge in [0.15, 0.2) is 0 Å². The molecule has 2 rings (SSSR count). The molecule has 1 nitrogen and oxygen atoms in total. The average Bonchev–Trinajstić information content (AvgIpc) is 2.58. The Morgan fingerprint density at radius 3 is 2.64 bits per heavy atom. The van der Waals surface area contributed by atoms with Crippen molar-refractivity contribution in [2.75, 3.05) is 5.75 Å². The summed E-state index contributed by atoms with van der Waals surface area (Å²) >= 11 is 1.97. The zero-order valence-electron chi connectivity index (χ0n) is 6.83. The monoisotopic (exact) mass is 169 g/mol. The van der Waals surface area contributed by atoms with Crippen LogP contribution in [0.4, 0.5) is 0 Å². The first-order valence-electron chi connectivity index (χ1n) is 4.55. The van der Waals surface area contributed by atoms with E-state index in [-0.39, 0.29) is 0 Å². The third-order valence-electron chi connectivity index (χ3n) is 2.51. The van der Waals surface area contributed by atoms with Crippen molar-refractivity contribution in [3.8, 4) is 0 Å². The molecule has 2 aliphatic rings. The van der Waals surface area contributed by atoms with Crippen LogP contribution in [0.2, 0.25) is 0 Å². The lowest BCUT2D eigenvalue weighted by atomic mass is 9.96. The summed E-state index contributed by atoms with van der Waals surface area (Å²) < 4.78 is 2.46. The number of rotatable bonds is 1. The van der Waals surface area contributed by atoms with Crippen molar-refractivity contribution in [3.05, 3.63) is 12.3 Å². The molecule has 0 atom stereocenters. The minimum absolute atomic E-state index is 0.854. The van der Waals surface area contributed by atoms with E-state index in [0.717, 1.165) is 6.04 Å². The van der Waals surface area contributed by atoms with Gasteiger partial charge in [-0.15, -0.1) is 0 Å². The van der Waals surface area contributed by atoms with E-state index in [4.69, 9.17) is 0 Å². The molecule has 0 N–H and O–H groups in total. The van der Waals surface area contributed by atoms with E-state index in [1.807, 2.05) is 11.9 Å². The summed E-state index contributed by atoms with van der Waals surface area (Å²) in [5, 5.41) is 0. The second-order valence-electron chi connectivity index (χ2n) is 3.33. The van der Waals surface area contributed by atoms with Crippen LogP contribution in [0, 0.1) is 0 Å². The molecule has 0 bridgehead atoms. The van der Waals surface area contributed by atoms with Gasteiger partial charge in [-0.25, -0.2) is 0 Å². The highest BCUT2D eigenvalue weighted by Crippen LogP contribution is 2.30. The van der Waals surface area contributed by atoms with Crippen molar-refractivity contribution in [2.45, 2.75) is 38.1 Å². The van der Waals surface area contributed by atoms with Crippen LogP contribution in [0.1, 0.15) is 32.1 Å². The van der Waals surface area contributed by atoms with E-state index < -0.39 is 0 Å². The van der Waals surface area contributed by atoms with Crippen LogP contribution >= 0.6 is 11.9 Å². The van der Waals surface area contributed by atoms with Gasteiger partial charge in [-0.3, -0.25) is 0 Å². The quantitative estimate of drug-likeness (QED) is 0.555. The molecule has 0 radical (unpaired) electrons. The van der Waals surface area contributed by atoms with Crippen molar-refractivity contribution < 1.29 is 0 Å². The zero-order chi connectivity index (χ0) is 7.52. The topological polar surface area (TPSA) is 3.24 Å². The first-order valence-corrected chi connectivity index (χ1v) is 5.49. The molecule has 0 amide bonds. The summed E-state index contributed by atoms with van der Waals surface area (Å²) in [4.78, 5) is 0. The van der Waals surface area contributed by atoms with Crippen LogP contribution in [0.3, 0.4) is 0 Å². The minimum atomic E-state index is 0.854. The number of hydrogen-bond donors (Lipinski definition) is 0. The standard InChI is InChI=1S/C9H15NS/c1-2-5-9(6-3-1)10-7-4-8-11-10/h4,7,9H,1-3,5-6,8H2. The fraction of sp³-hybridized carbons (Fsp3) is 0.778. The third kappa shape index (κ3) is 1.73. The Labute approximate surface area is 73.0 Å². The lowest BCUT2D eigenvalue weighted by molar-refractivity contribution is 0.327. The molecule has 1 aliphatic carbocycles. The molecule has 1 fully saturated rings. The lowest BCUT2D eigenvalue weighted by Gasteiger charge is -2.29. The highest BCUT2D eigenvalue weighted by atomic mass is 32.2. The summed E-state index contributed by atoms with van der Waals surface area (Å²) in [7, 11) is 0. The van der Waals surface area contributed by atoms with Gasteiger partial charge in [-0.1, -0.05) is 25.3 Å². The normalized spacial score (nSPS) is 26.4. The molecule has 0 spiro atoms. The molecular weight excluding hydrogens is 154 g/mol. The van der Waals surface area contributed by atoms with E-state index >= 15 is 0 Å². The molecule has 11 heavy (non-hydrogen) atoms. The van der Waals surface area contributed by atoms with Gasteiger partial charge in [-0.05, 0) is 24.8 Å². The second-order valence-corrected chi connectivity index (χ2v) is 4.35. The summed E-state index contributed by atoms with van der Waals surface area (Å²) in [5.41, 5.74) is 0. The number of hydrogen-bond acceptors (Lipinski definition) is 2. The fourth-order valence-electron chi connectivity index (χ4n) is 1.88. The van der Waals surface area contributed by atoms with Gasteiger partial charge in [0.05, 0.1) is 0 Å². The van der Waals surface area contributed by atoms with Crippen LogP contribution in [-0.2, 0) is 0 Å². The third-order valence-corrected chi connectivity index (χ3v) is 3.57. The van der Waals surface area contributed by atoms with Crippen molar-refractivity contribution >= 4 is 11.9 Å². The highest BCUT2D eigenvalue weighted by molar-refractivity contribution is 7.97. The second kappa shape index (κ2) is 3.53. The molecule has 1 heterocycles. The summed E-state index contributed by atoms with van der Waals surface area (Å²) in [5.74, 6) is 1.19. The summed E-state index contributed by atoms with van der Waals surface area (Å²) in [6, 6.07) is 0.854. The van der Waals surface area contributed by atoms with Gasteiger partial charge < -0.3 is 4.31 Å². The first-order chi connectivity index (χ1) is 5.47. The maximum absolute atomic E-state index is 2.46. The van der Waals surface area contributed by atoms with Gasteiger partial charge in [-0.2, -0.15) is 0 Å². The highest BCUT2D eigenvalue weighted by Gasteiger charge is 2.20. The number of nitrogens with zero attached hydrogens (tertiary/aromatic N) is 1. The molecular formula is C9H15NS. The van der Waals surface area contributed by atoms with Crippen LogP contribution < -0.4 is 0 Å². The Hall–Kier alpha value is -0.110. The average molecular weight is 169 g/mol. The minimum Gasteiger partial charge on any atom is -0.320 e. The SMILES string of the molecule is C1=CN(C2CCCCC2)SC1. The predicted molar refractivity (Wildman–Crippen MR) is 50.3 cm³/mol. The zero-order valence-corrected chi connectivity index (χ0v) is 7.65.